The maximum Gasteiger partial charge on any atom is 0.222 e. The number of amides is 1. The van der Waals surface area contributed by atoms with Gasteiger partial charge in [0.1, 0.15) is 0 Å². The highest BCUT2D eigenvalue weighted by Crippen LogP contribution is 2.24. The molecule has 0 spiro atoms. The standard InChI is InChI=1S/C14H20N2O/c15-14(17)12-8-4-5-9-13(12)16-10-11-6-2-1-3-7-11/h1-3,6-7,12-13,16H,4-5,8-10H2,(H2,15,17). The molecule has 92 valence electrons. The Kier molecular flexibility index (Phi) is 4.15. The molecule has 17 heavy (non-hydrogen) atoms. The number of hydrogen-bond acceptors (Lipinski definition) is 2. The van der Waals surface area contributed by atoms with E-state index in [2.05, 4.69) is 17.4 Å². The van der Waals surface area contributed by atoms with Crippen LogP contribution in [0.1, 0.15) is 31.2 Å². The summed E-state index contributed by atoms with van der Waals surface area (Å²) < 4.78 is 0. The lowest BCUT2D eigenvalue weighted by atomic mass is 9.84. The van der Waals surface area contributed by atoms with Crippen molar-refractivity contribution in [2.24, 2.45) is 11.7 Å². The van der Waals surface area contributed by atoms with Crippen molar-refractivity contribution in [1.29, 1.82) is 0 Å². The number of carbonyl (C=O) groups is 1. The van der Waals surface area contributed by atoms with Gasteiger partial charge in [-0.25, -0.2) is 0 Å². The van der Waals surface area contributed by atoms with Crippen molar-refractivity contribution in [3.8, 4) is 0 Å². The molecule has 2 atom stereocenters. The van der Waals surface area contributed by atoms with E-state index >= 15 is 0 Å². The highest BCUT2D eigenvalue weighted by molar-refractivity contribution is 5.77. The van der Waals surface area contributed by atoms with Gasteiger partial charge < -0.3 is 11.1 Å². The van der Waals surface area contributed by atoms with E-state index in [4.69, 9.17) is 5.73 Å². The van der Waals surface area contributed by atoms with E-state index < -0.39 is 0 Å². The molecule has 0 bridgehead atoms. The third-order valence-electron chi connectivity index (χ3n) is 3.54. The fourth-order valence-electron chi connectivity index (χ4n) is 2.56. The Morgan fingerprint density at radius 1 is 1.24 bits per heavy atom. The minimum absolute atomic E-state index is 0.00691. The number of nitrogens with two attached hydrogens (primary N) is 1. The Bertz CT molecular complexity index is 364. The number of carbonyl (C=O) groups excluding carboxylic acids is 1. The van der Waals surface area contributed by atoms with E-state index in [0.29, 0.717) is 0 Å². The molecule has 1 saturated carbocycles. The van der Waals surface area contributed by atoms with Crippen molar-refractivity contribution in [3.05, 3.63) is 35.9 Å². The van der Waals surface area contributed by atoms with Crippen LogP contribution in [0.4, 0.5) is 0 Å². The Morgan fingerprint density at radius 3 is 2.65 bits per heavy atom. The Labute approximate surface area is 102 Å². The van der Waals surface area contributed by atoms with E-state index in [-0.39, 0.29) is 17.9 Å². The van der Waals surface area contributed by atoms with Gasteiger partial charge in [-0.3, -0.25) is 4.79 Å². The molecule has 3 nitrogen and oxygen atoms in total. The first-order valence-corrected chi connectivity index (χ1v) is 6.34. The summed E-state index contributed by atoms with van der Waals surface area (Å²) in [7, 11) is 0. The van der Waals surface area contributed by atoms with Crippen LogP contribution in [0.2, 0.25) is 0 Å². The molecule has 1 aromatic rings. The largest absolute Gasteiger partial charge is 0.369 e. The molecule has 0 aliphatic heterocycles. The first kappa shape index (κ1) is 12.1. The lowest BCUT2D eigenvalue weighted by molar-refractivity contribution is -0.123. The third-order valence-corrected chi connectivity index (χ3v) is 3.54. The fraction of sp³-hybridized carbons (Fsp3) is 0.500. The van der Waals surface area contributed by atoms with E-state index in [1.54, 1.807) is 0 Å². The second kappa shape index (κ2) is 5.82. The minimum Gasteiger partial charge on any atom is -0.369 e. The van der Waals surface area contributed by atoms with Gasteiger partial charge >= 0.3 is 0 Å². The number of nitrogens with one attached hydrogen (secondary N) is 1. The molecule has 1 fully saturated rings. The smallest absolute Gasteiger partial charge is 0.222 e. The van der Waals surface area contributed by atoms with E-state index in [0.717, 1.165) is 25.8 Å². The molecule has 1 amide bonds. The predicted molar refractivity (Wildman–Crippen MR) is 68.2 cm³/mol. The Hall–Kier alpha value is -1.35. The van der Waals surface area contributed by atoms with Gasteiger partial charge in [0.05, 0.1) is 5.92 Å². The van der Waals surface area contributed by atoms with Gasteiger partial charge in [-0.1, -0.05) is 43.2 Å². The van der Waals surface area contributed by atoms with Gasteiger partial charge in [0.25, 0.3) is 0 Å². The van der Waals surface area contributed by atoms with Gasteiger partial charge in [0, 0.05) is 12.6 Å². The average molecular weight is 232 g/mol. The lowest BCUT2D eigenvalue weighted by Gasteiger charge is -2.30. The monoisotopic (exact) mass is 232 g/mol. The van der Waals surface area contributed by atoms with Crippen LogP contribution in [0.15, 0.2) is 30.3 Å². The summed E-state index contributed by atoms with van der Waals surface area (Å²) in [6.45, 7) is 0.815. The molecule has 1 aromatic carbocycles. The average Bonchev–Trinajstić information content (AvgIpc) is 2.38. The van der Waals surface area contributed by atoms with Crippen molar-refractivity contribution in [1.82, 2.24) is 5.32 Å². The van der Waals surface area contributed by atoms with Crippen LogP contribution in [0.3, 0.4) is 0 Å². The van der Waals surface area contributed by atoms with Gasteiger partial charge in [0.15, 0.2) is 0 Å². The predicted octanol–water partition coefficient (Wildman–Crippen LogP) is 1.82. The summed E-state index contributed by atoms with van der Waals surface area (Å²) in [6.07, 6.45) is 4.30. The highest BCUT2D eigenvalue weighted by Gasteiger charge is 2.28. The van der Waals surface area contributed by atoms with Crippen LogP contribution in [-0.2, 0) is 11.3 Å². The second-order valence-electron chi connectivity index (χ2n) is 4.77. The van der Waals surface area contributed by atoms with Crippen LogP contribution in [0, 0.1) is 5.92 Å². The molecule has 2 unspecified atom stereocenters. The Morgan fingerprint density at radius 2 is 1.94 bits per heavy atom. The second-order valence-corrected chi connectivity index (χ2v) is 4.77. The van der Waals surface area contributed by atoms with Crippen molar-refractivity contribution in [2.75, 3.05) is 0 Å². The van der Waals surface area contributed by atoms with Crippen molar-refractivity contribution in [3.63, 3.8) is 0 Å². The summed E-state index contributed by atoms with van der Waals surface area (Å²) in [5, 5.41) is 3.47. The molecule has 3 N–H and O–H groups in total. The summed E-state index contributed by atoms with van der Waals surface area (Å²) in [4.78, 5) is 11.4. The van der Waals surface area contributed by atoms with Crippen LogP contribution >= 0.6 is 0 Å². The summed E-state index contributed by atoms with van der Waals surface area (Å²) in [5.41, 5.74) is 6.70. The van der Waals surface area contributed by atoms with Crippen molar-refractivity contribution in [2.45, 2.75) is 38.3 Å². The van der Waals surface area contributed by atoms with Crippen molar-refractivity contribution < 1.29 is 4.79 Å². The molecule has 1 aliphatic carbocycles. The summed E-state index contributed by atoms with van der Waals surface area (Å²) in [6, 6.07) is 10.5. The zero-order valence-electron chi connectivity index (χ0n) is 10.1. The Balaban J connectivity index is 1.90. The molecular weight excluding hydrogens is 212 g/mol. The first-order valence-electron chi connectivity index (χ1n) is 6.34. The number of rotatable bonds is 4. The fourth-order valence-corrected chi connectivity index (χ4v) is 2.56. The molecular formula is C14H20N2O. The molecule has 0 saturated heterocycles. The summed E-state index contributed by atoms with van der Waals surface area (Å²) in [5.74, 6) is -0.150. The zero-order valence-corrected chi connectivity index (χ0v) is 10.1. The molecule has 2 rings (SSSR count). The SMILES string of the molecule is NC(=O)C1CCCCC1NCc1ccccc1. The molecule has 1 aliphatic rings. The van der Waals surface area contributed by atoms with Gasteiger partial charge in [0.2, 0.25) is 5.91 Å². The number of benzene rings is 1. The molecule has 0 heterocycles. The topological polar surface area (TPSA) is 55.1 Å². The highest BCUT2D eigenvalue weighted by atomic mass is 16.1. The molecule has 3 heteroatoms. The van der Waals surface area contributed by atoms with Crippen LogP contribution in [0.25, 0.3) is 0 Å². The quantitative estimate of drug-likeness (QED) is 0.832. The van der Waals surface area contributed by atoms with E-state index in [1.165, 1.54) is 12.0 Å². The lowest BCUT2D eigenvalue weighted by Crippen LogP contribution is -2.44. The summed E-state index contributed by atoms with van der Waals surface area (Å²) >= 11 is 0. The van der Waals surface area contributed by atoms with Crippen molar-refractivity contribution >= 4 is 5.91 Å². The van der Waals surface area contributed by atoms with Crippen LogP contribution < -0.4 is 11.1 Å². The maximum atomic E-state index is 11.4. The van der Waals surface area contributed by atoms with Crippen LogP contribution in [-0.4, -0.2) is 11.9 Å². The zero-order chi connectivity index (χ0) is 12.1. The van der Waals surface area contributed by atoms with E-state index in [9.17, 15) is 4.79 Å². The third kappa shape index (κ3) is 3.30. The molecule has 0 aromatic heterocycles. The first-order chi connectivity index (χ1) is 8.27. The van der Waals surface area contributed by atoms with Gasteiger partial charge in [-0.15, -0.1) is 0 Å². The minimum atomic E-state index is -0.157. The number of hydrogen-bond donors (Lipinski definition) is 2. The van der Waals surface area contributed by atoms with Gasteiger partial charge in [-0.05, 0) is 18.4 Å². The van der Waals surface area contributed by atoms with Gasteiger partial charge in [-0.2, -0.15) is 0 Å². The molecule has 0 radical (unpaired) electrons. The van der Waals surface area contributed by atoms with E-state index in [1.807, 2.05) is 18.2 Å². The van der Waals surface area contributed by atoms with Crippen LogP contribution in [0.5, 0.6) is 0 Å². The number of primary amides is 1. The maximum absolute atomic E-state index is 11.4. The normalized spacial score (nSPS) is 24.5.